The van der Waals surface area contributed by atoms with E-state index in [0.717, 1.165) is 44.7 Å². The summed E-state index contributed by atoms with van der Waals surface area (Å²) in [6.07, 6.45) is 2.89. The van der Waals surface area contributed by atoms with Crippen molar-refractivity contribution in [2.45, 2.75) is 31.8 Å². The summed E-state index contributed by atoms with van der Waals surface area (Å²) in [5, 5.41) is 3.84. The van der Waals surface area contributed by atoms with Crippen LogP contribution in [-0.4, -0.2) is 54.5 Å². The molecule has 4 nitrogen and oxygen atoms in total. The lowest BCUT2D eigenvalue weighted by atomic mass is 10.1. The average molecular weight is 340 g/mol. The highest BCUT2D eigenvalue weighted by Crippen LogP contribution is 2.20. The zero-order valence-electron chi connectivity index (χ0n) is 13.2. The number of nitrogens with zero attached hydrogens (tertiary/aromatic N) is 2. The molecule has 0 bridgehead atoms. The Morgan fingerprint density at radius 1 is 1.30 bits per heavy atom. The van der Waals surface area contributed by atoms with Crippen molar-refractivity contribution in [1.82, 2.24) is 15.1 Å². The summed E-state index contributed by atoms with van der Waals surface area (Å²) < 4.78 is 13.1. The van der Waals surface area contributed by atoms with Crippen LogP contribution in [0.2, 0.25) is 5.02 Å². The van der Waals surface area contributed by atoms with Gasteiger partial charge >= 0.3 is 0 Å². The summed E-state index contributed by atoms with van der Waals surface area (Å²) in [5.41, 5.74) is 0.933. The summed E-state index contributed by atoms with van der Waals surface area (Å²) in [5.74, 6) is -0.0569. The molecule has 3 rings (SSSR count). The SMILES string of the molecule is O=C(CC1CCCN1)N1CCN(Cc2ccc(F)cc2Cl)CC1. The second kappa shape index (κ2) is 7.60. The van der Waals surface area contributed by atoms with Crippen molar-refractivity contribution < 1.29 is 9.18 Å². The van der Waals surface area contributed by atoms with Crippen LogP contribution >= 0.6 is 11.6 Å². The second-order valence-corrected chi connectivity index (χ2v) is 6.80. The zero-order chi connectivity index (χ0) is 16.2. The number of amides is 1. The first-order chi connectivity index (χ1) is 11.1. The van der Waals surface area contributed by atoms with Gasteiger partial charge in [0.25, 0.3) is 0 Å². The molecule has 1 aromatic carbocycles. The highest BCUT2D eigenvalue weighted by molar-refractivity contribution is 6.31. The van der Waals surface area contributed by atoms with Crippen molar-refractivity contribution in [2.24, 2.45) is 0 Å². The van der Waals surface area contributed by atoms with Gasteiger partial charge in [-0.25, -0.2) is 4.39 Å². The molecule has 2 heterocycles. The van der Waals surface area contributed by atoms with Gasteiger partial charge < -0.3 is 10.2 Å². The smallest absolute Gasteiger partial charge is 0.224 e. The number of carbonyl (C=O) groups excluding carboxylic acids is 1. The van der Waals surface area contributed by atoms with E-state index in [2.05, 4.69) is 10.2 Å². The Labute approximate surface area is 141 Å². The van der Waals surface area contributed by atoms with Gasteiger partial charge in [-0.2, -0.15) is 0 Å². The predicted molar refractivity (Wildman–Crippen MR) is 88.9 cm³/mol. The molecule has 1 unspecified atom stereocenters. The molecule has 2 saturated heterocycles. The van der Waals surface area contributed by atoms with E-state index >= 15 is 0 Å². The molecule has 0 spiro atoms. The number of hydrogen-bond donors (Lipinski definition) is 1. The molecule has 0 radical (unpaired) electrons. The lowest BCUT2D eigenvalue weighted by Crippen LogP contribution is -2.49. The Morgan fingerprint density at radius 2 is 2.09 bits per heavy atom. The van der Waals surface area contributed by atoms with Gasteiger partial charge in [-0.15, -0.1) is 0 Å². The normalized spacial score (nSPS) is 22.5. The Hall–Kier alpha value is -1.17. The maximum Gasteiger partial charge on any atom is 0.224 e. The van der Waals surface area contributed by atoms with E-state index in [0.29, 0.717) is 24.0 Å². The molecule has 1 N–H and O–H groups in total. The molecule has 2 aliphatic rings. The maximum absolute atomic E-state index is 13.1. The van der Waals surface area contributed by atoms with Crippen LogP contribution in [0.15, 0.2) is 18.2 Å². The van der Waals surface area contributed by atoms with E-state index in [1.54, 1.807) is 6.07 Å². The van der Waals surface area contributed by atoms with Crippen molar-refractivity contribution in [1.29, 1.82) is 0 Å². The summed E-state index contributed by atoms with van der Waals surface area (Å²) in [6, 6.07) is 4.89. The van der Waals surface area contributed by atoms with Crippen LogP contribution in [-0.2, 0) is 11.3 Å². The standard InChI is InChI=1S/C17H23ClFN3O/c18-16-10-14(19)4-3-13(16)12-21-6-8-22(9-7-21)17(23)11-15-2-1-5-20-15/h3-4,10,15,20H,1-2,5-9,11-12H2. The number of halogens is 2. The van der Waals surface area contributed by atoms with E-state index in [-0.39, 0.29) is 11.7 Å². The minimum absolute atomic E-state index is 0.254. The van der Waals surface area contributed by atoms with E-state index < -0.39 is 0 Å². The van der Waals surface area contributed by atoms with Gasteiger partial charge in [0.1, 0.15) is 5.82 Å². The maximum atomic E-state index is 13.1. The van der Waals surface area contributed by atoms with Crippen LogP contribution in [0.1, 0.15) is 24.8 Å². The minimum Gasteiger partial charge on any atom is -0.340 e. The van der Waals surface area contributed by atoms with Crippen LogP contribution in [0.5, 0.6) is 0 Å². The molecule has 0 aliphatic carbocycles. The van der Waals surface area contributed by atoms with Crippen LogP contribution in [0.4, 0.5) is 4.39 Å². The third-order valence-corrected chi connectivity index (χ3v) is 5.07. The molecule has 1 amide bonds. The molecular weight excluding hydrogens is 317 g/mol. The van der Waals surface area contributed by atoms with Gasteiger partial charge in [-0.05, 0) is 37.1 Å². The van der Waals surface area contributed by atoms with Gasteiger partial charge in [0.05, 0.1) is 0 Å². The summed E-state index contributed by atoms with van der Waals surface area (Å²) in [4.78, 5) is 16.5. The van der Waals surface area contributed by atoms with Crippen LogP contribution in [0, 0.1) is 5.82 Å². The highest BCUT2D eigenvalue weighted by Gasteiger charge is 2.25. The molecule has 6 heteroatoms. The van der Waals surface area contributed by atoms with Gasteiger partial charge in [-0.1, -0.05) is 17.7 Å². The van der Waals surface area contributed by atoms with Crippen LogP contribution in [0.3, 0.4) is 0 Å². The van der Waals surface area contributed by atoms with Crippen molar-refractivity contribution in [3.63, 3.8) is 0 Å². The molecule has 2 aliphatic heterocycles. The largest absolute Gasteiger partial charge is 0.340 e. The lowest BCUT2D eigenvalue weighted by molar-refractivity contribution is -0.133. The molecule has 1 atom stereocenters. The Morgan fingerprint density at radius 3 is 2.74 bits per heavy atom. The van der Waals surface area contributed by atoms with Gasteiger partial charge in [0.2, 0.25) is 5.91 Å². The van der Waals surface area contributed by atoms with Crippen LogP contribution in [0.25, 0.3) is 0 Å². The number of rotatable bonds is 4. The first-order valence-electron chi connectivity index (χ1n) is 8.29. The van der Waals surface area contributed by atoms with Gasteiger partial charge in [0, 0.05) is 50.2 Å². The zero-order valence-corrected chi connectivity index (χ0v) is 14.0. The molecule has 0 aromatic heterocycles. The predicted octanol–water partition coefficient (Wildman–Crippen LogP) is 2.27. The monoisotopic (exact) mass is 339 g/mol. The second-order valence-electron chi connectivity index (χ2n) is 6.39. The Balaban J connectivity index is 1.47. The Kier molecular flexibility index (Phi) is 5.51. The fraction of sp³-hybridized carbons (Fsp3) is 0.588. The quantitative estimate of drug-likeness (QED) is 0.914. The van der Waals surface area contributed by atoms with Gasteiger partial charge in [-0.3, -0.25) is 9.69 Å². The number of hydrogen-bond acceptors (Lipinski definition) is 3. The molecule has 126 valence electrons. The van der Waals surface area contributed by atoms with E-state index in [1.165, 1.54) is 18.6 Å². The van der Waals surface area contributed by atoms with Gasteiger partial charge in [0.15, 0.2) is 0 Å². The van der Waals surface area contributed by atoms with E-state index in [9.17, 15) is 9.18 Å². The molecule has 1 aromatic rings. The lowest BCUT2D eigenvalue weighted by Gasteiger charge is -2.35. The van der Waals surface area contributed by atoms with Crippen molar-refractivity contribution in [2.75, 3.05) is 32.7 Å². The van der Waals surface area contributed by atoms with E-state index in [4.69, 9.17) is 11.6 Å². The third-order valence-electron chi connectivity index (χ3n) is 4.72. The van der Waals surface area contributed by atoms with Crippen molar-refractivity contribution in [3.05, 3.63) is 34.6 Å². The fourth-order valence-electron chi connectivity index (χ4n) is 3.32. The molecule has 0 saturated carbocycles. The summed E-state index contributed by atoms with van der Waals surface area (Å²) in [6.45, 7) is 4.90. The number of benzene rings is 1. The number of carbonyl (C=O) groups is 1. The average Bonchev–Trinajstić information content (AvgIpc) is 3.04. The molecule has 23 heavy (non-hydrogen) atoms. The number of piperazine rings is 1. The number of nitrogens with one attached hydrogen (secondary N) is 1. The van der Waals surface area contributed by atoms with Crippen LogP contribution < -0.4 is 5.32 Å². The van der Waals surface area contributed by atoms with Crippen molar-refractivity contribution >= 4 is 17.5 Å². The minimum atomic E-state index is -0.310. The topological polar surface area (TPSA) is 35.6 Å². The summed E-state index contributed by atoms with van der Waals surface area (Å²) in [7, 11) is 0. The van der Waals surface area contributed by atoms with E-state index in [1.807, 2.05) is 4.90 Å². The summed E-state index contributed by atoms with van der Waals surface area (Å²) >= 11 is 6.08. The molecular formula is C17H23ClFN3O. The fourth-order valence-corrected chi connectivity index (χ4v) is 3.54. The van der Waals surface area contributed by atoms with Crippen molar-refractivity contribution in [3.8, 4) is 0 Å². The molecule has 2 fully saturated rings. The first-order valence-corrected chi connectivity index (χ1v) is 8.67. The first kappa shape index (κ1) is 16.7. The third kappa shape index (κ3) is 4.43. The highest BCUT2D eigenvalue weighted by atomic mass is 35.5. The Bertz CT molecular complexity index is 555.